The molecule has 2 heteroatoms. The summed E-state index contributed by atoms with van der Waals surface area (Å²) >= 11 is 0. The molecule has 56 valence electrons. The second-order valence-corrected chi connectivity index (χ2v) is 2.86. The Morgan fingerprint density at radius 3 is 2.00 bits per heavy atom. The molecular formula is C8H12O2. The van der Waals surface area contributed by atoms with Gasteiger partial charge < -0.3 is 9.47 Å². The van der Waals surface area contributed by atoms with Crippen LogP contribution in [0.2, 0.25) is 0 Å². The van der Waals surface area contributed by atoms with Crippen LogP contribution in [0.3, 0.4) is 0 Å². The zero-order chi connectivity index (χ0) is 6.86. The molecule has 0 bridgehead atoms. The van der Waals surface area contributed by atoms with E-state index in [-0.39, 0.29) is 5.79 Å². The van der Waals surface area contributed by atoms with Crippen molar-refractivity contribution >= 4 is 0 Å². The number of ether oxygens (including phenoxy) is 2. The van der Waals surface area contributed by atoms with Crippen LogP contribution in [0, 0.1) is 0 Å². The maximum Gasteiger partial charge on any atom is 0.169 e. The van der Waals surface area contributed by atoms with E-state index in [1.807, 2.05) is 12.2 Å². The first-order valence-electron chi connectivity index (χ1n) is 3.84. The van der Waals surface area contributed by atoms with Crippen LogP contribution in [0.4, 0.5) is 0 Å². The third kappa shape index (κ3) is 0.976. The normalized spacial score (nSPS) is 29.6. The van der Waals surface area contributed by atoms with Crippen LogP contribution in [0.5, 0.6) is 0 Å². The monoisotopic (exact) mass is 140 g/mol. The summed E-state index contributed by atoms with van der Waals surface area (Å²) in [5.74, 6) is -0.177. The molecule has 0 aromatic heterocycles. The van der Waals surface area contributed by atoms with Gasteiger partial charge in [-0.2, -0.15) is 0 Å². The summed E-state index contributed by atoms with van der Waals surface area (Å²) in [4.78, 5) is 0. The summed E-state index contributed by atoms with van der Waals surface area (Å²) in [6.45, 7) is 1.44. The molecule has 0 amide bonds. The lowest BCUT2D eigenvalue weighted by Gasteiger charge is -2.39. The van der Waals surface area contributed by atoms with Crippen molar-refractivity contribution in [3.8, 4) is 0 Å². The Morgan fingerprint density at radius 2 is 1.60 bits per heavy atom. The van der Waals surface area contributed by atoms with Crippen LogP contribution >= 0.6 is 0 Å². The van der Waals surface area contributed by atoms with Gasteiger partial charge in [-0.05, 0) is 6.42 Å². The van der Waals surface area contributed by atoms with Gasteiger partial charge in [0.25, 0.3) is 0 Å². The van der Waals surface area contributed by atoms with Crippen molar-refractivity contribution in [3.63, 3.8) is 0 Å². The van der Waals surface area contributed by atoms with Gasteiger partial charge in [-0.1, -0.05) is 12.2 Å². The summed E-state index contributed by atoms with van der Waals surface area (Å²) < 4.78 is 11.0. The highest BCUT2D eigenvalue weighted by Gasteiger charge is 2.39. The van der Waals surface area contributed by atoms with Gasteiger partial charge in [0.2, 0.25) is 0 Å². The lowest BCUT2D eigenvalue weighted by Crippen LogP contribution is -2.42. The maximum absolute atomic E-state index is 5.52. The zero-order valence-corrected chi connectivity index (χ0v) is 6.01. The minimum Gasteiger partial charge on any atom is -0.346 e. The van der Waals surface area contributed by atoms with Crippen molar-refractivity contribution in [1.82, 2.24) is 0 Å². The third-order valence-electron chi connectivity index (χ3n) is 2.17. The molecule has 1 aliphatic heterocycles. The van der Waals surface area contributed by atoms with Crippen LogP contribution < -0.4 is 0 Å². The summed E-state index contributed by atoms with van der Waals surface area (Å²) in [7, 11) is 0. The molecule has 0 atom stereocenters. The molecule has 0 radical (unpaired) electrons. The smallest absolute Gasteiger partial charge is 0.169 e. The molecule has 2 nitrogen and oxygen atoms in total. The molecule has 1 spiro atoms. The Balaban J connectivity index is 1.97. The van der Waals surface area contributed by atoms with E-state index in [2.05, 4.69) is 0 Å². The van der Waals surface area contributed by atoms with Gasteiger partial charge >= 0.3 is 0 Å². The van der Waals surface area contributed by atoms with Gasteiger partial charge in [0, 0.05) is 12.8 Å². The first-order valence-corrected chi connectivity index (χ1v) is 3.84. The molecule has 1 aliphatic carbocycles. The molecule has 0 aromatic rings. The first kappa shape index (κ1) is 6.38. The van der Waals surface area contributed by atoms with E-state index >= 15 is 0 Å². The largest absolute Gasteiger partial charge is 0.346 e. The van der Waals surface area contributed by atoms with Crippen molar-refractivity contribution < 1.29 is 9.47 Å². The van der Waals surface area contributed by atoms with Crippen LogP contribution in [-0.4, -0.2) is 19.0 Å². The van der Waals surface area contributed by atoms with Crippen molar-refractivity contribution in [3.05, 3.63) is 12.2 Å². The minimum absolute atomic E-state index is 0.177. The zero-order valence-electron chi connectivity index (χ0n) is 6.01. The molecule has 1 heterocycles. The number of hydrogen-bond acceptors (Lipinski definition) is 2. The van der Waals surface area contributed by atoms with Crippen molar-refractivity contribution in [1.29, 1.82) is 0 Å². The third-order valence-corrected chi connectivity index (χ3v) is 2.17. The van der Waals surface area contributed by atoms with E-state index in [1.165, 1.54) is 6.42 Å². The predicted octanol–water partition coefficient (Wildman–Crippen LogP) is 1.47. The quantitative estimate of drug-likeness (QED) is 0.474. The Morgan fingerprint density at radius 1 is 1.00 bits per heavy atom. The Bertz CT molecular complexity index is 135. The highest BCUT2D eigenvalue weighted by Crippen LogP contribution is 2.37. The lowest BCUT2D eigenvalue weighted by molar-refractivity contribution is -0.263. The fraction of sp³-hybridized carbons (Fsp3) is 0.750. The van der Waals surface area contributed by atoms with Gasteiger partial charge in [0.15, 0.2) is 5.79 Å². The summed E-state index contributed by atoms with van der Waals surface area (Å²) in [6.07, 6.45) is 7.45. The molecule has 2 aliphatic rings. The molecule has 0 N–H and O–H groups in total. The molecule has 1 saturated carbocycles. The molecular weight excluding hydrogens is 128 g/mol. The van der Waals surface area contributed by atoms with E-state index in [9.17, 15) is 0 Å². The average molecular weight is 140 g/mol. The van der Waals surface area contributed by atoms with Crippen molar-refractivity contribution in [2.24, 2.45) is 0 Å². The van der Waals surface area contributed by atoms with Crippen molar-refractivity contribution in [2.75, 3.05) is 13.2 Å². The van der Waals surface area contributed by atoms with E-state index in [1.54, 1.807) is 0 Å². The summed E-state index contributed by atoms with van der Waals surface area (Å²) in [5.41, 5.74) is 0. The molecule has 0 unspecified atom stereocenters. The first-order chi connectivity index (χ1) is 4.91. The van der Waals surface area contributed by atoms with E-state index < -0.39 is 0 Å². The van der Waals surface area contributed by atoms with E-state index in [0.717, 1.165) is 26.1 Å². The van der Waals surface area contributed by atoms with E-state index in [0.29, 0.717) is 0 Å². The maximum atomic E-state index is 5.52. The van der Waals surface area contributed by atoms with Crippen LogP contribution in [0.15, 0.2) is 12.2 Å². The highest BCUT2D eigenvalue weighted by molar-refractivity contribution is 4.90. The predicted molar refractivity (Wildman–Crippen MR) is 37.6 cm³/mol. The standard InChI is InChI=1S/C8H12O2/c1-2-7-10-8(9-6-1)4-3-5-8/h1-2H,3-7H2. The molecule has 10 heavy (non-hydrogen) atoms. The second kappa shape index (κ2) is 2.36. The summed E-state index contributed by atoms with van der Waals surface area (Å²) in [6, 6.07) is 0. The molecule has 0 saturated heterocycles. The fourth-order valence-electron chi connectivity index (χ4n) is 1.33. The summed E-state index contributed by atoms with van der Waals surface area (Å²) in [5, 5.41) is 0. The Kier molecular flexibility index (Phi) is 1.51. The molecule has 2 rings (SSSR count). The van der Waals surface area contributed by atoms with Gasteiger partial charge in [0.1, 0.15) is 0 Å². The van der Waals surface area contributed by atoms with Crippen LogP contribution in [0.25, 0.3) is 0 Å². The minimum atomic E-state index is -0.177. The van der Waals surface area contributed by atoms with Gasteiger partial charge in [0.05, 0.1) is 13.2 Å². The average Bonchev–Trinajstić information content (AvgIpc) is 2.08. The van der Waals surface area contributed by atoms with Crippen LogP contribution in [-0.2, 0) is 9.47 Å². The Hall–Kier alpha value is -0.340. The van der Waals surface area contributed by atoms with Gasteiger partial charge in [-0.25, -0.2) is 0 Å². The van der Waals surface area contributed by atoms with E-state index in [4.69, 9.17) is 9.47 Å². The Labute approximate surface area is 60.8 Å². The van der Waals surface area contributed by atoms with Gasteiger partial charge in [-0.3, -0.25) is 0 Å². The number of rotatable bonds is 0. The highest BCUT2D eigenvalue weighted by atomic mass is 16.7. The van der Waals surface area contributed by atoms with Gasteiger partial charge in [-0.15, -0.1) is 0 Å². The molecule has 1 fully saturated rings. The topological polar surface area (TPSA) is 18.5 Å². The number of hydrogen-bond donors (Lipinski definition) is 0. The fourth-order valence-corrected chi connectivity index (χ4v) is 1.33. The second-order valence-electron chi connectivity index (χ2n) is 2.86. The van der Waals surface area contributed by atoms with Crippen molar-refractivity contribution in [2.45, 2.75) is 25.0 Å². The van der Waals surface area contributed by atoms with Crippen LogP contribution in [0.1, 0.15) is 19.3 Å². The SMILES string of the molecule is C1=CCOC2(CCC2)OC1. The molecule has 0 aromatic carbocycles. The lowest BCUT2D eigenvalue weighted by atomic mass is 9.91.